The van der Waals surface area contributed by atoms with Crippen LogP contribution in [0, 0.1) is 6.04 Å². The van der Waals surface area contributed by atoms with Crippen LogP contribution in [0.2, 0.25) is 0 Å². The number of para-hydroxylation sites is 1. The standard InChI is InChI=1S/C13H14N3O/c14-12(13(17)16-6-3-7-16)11-8-9-4-1-2-5-10(9)15-11/h1-2,4-5,8,15H,3,6-7,14H2. The average Bonchev–Trinajstić information content (AvgIpc) is 2.68. The molecule has 0 atom stereocenters. The van der Waals surface area contributed by atoms with Gasteiger partial charge in [-0.2, -0.15) is 0 Å². The Kier molecular flexibility index (Phi) is 2.37. The molecule has 0 saturated carbocycles. The smallest absolute Gasteiger partial charge is 0.251 e. The zero-order chi connectivity index (χ0) is 11.8. The Labute approximate surface area is 99.4 Å². The first-order valence-corrected chi connectivity index (χ1v) is 5.75. The van der Waals surface area contributed by atoms with Crippen molar-refractivity contribution in [3.8, 4) is 0 Å². The SMILES string of the molecule is N[C](C(=O)N1CCC1)c1cc2ccccc2[nH]1. The molecule has 87 valence electrons. The molecule has 2 aromatic rings. The molecule has 1 fully saturated rings. The van der Waals surface area contributed by atoms with Crippen LogP contribution in [0.25, 0.3) is 10.9 Å². The molecule has 1 saturated heterocycles. The predicted molar refractivity (Wildman–Crippen MR) is 66.0 cm³/mol. The molecule has 0 aliphatic carbocycles. The number of hydrogen-bond acceptors (Lipinski definition) is 2. The molecule has 2 heterocycles. The summed E-state index contributed by atoms with van der Waals surface area (Å²) in [5.74, 6) is -0.0668. The van der Waals surface area contributed by atoms with Gasteiger partial charge in [-0.3, -0.25) is 4.79 Å². The van der Waals surface area contributed by atoms with Crippen molar-refractivity contribution in [2.24, 2.45) is 5.73 Å². The van der Waals surface area contributed by atoms with E-state index in [9.17, 15) is 4.79 Å². The van der Waals surface area contributed by atoms with Crippen molar-refractivity contribution in [1.29, 1.82) is 0 Å². The van der Waals surface area contributed by atoms with Crippen molar-refractivity contribution in [2.75, 3.05) is 13.1 Å². The number of aromatic nitrogens is 1. The molecule has 1 aliphatic heterocycles. The number of carbonyl (C=O) groups excluding carboxylic acids is 1. The van der Waals surface area contributed by atoms with Crippen LogP contribution in [0.1, 0.15) is 12.1 Å². The van der Waals surface area contributed by atoms with Crippen LogP contribution in [-0.2, 0) is 4.79 Å². The zero-order valence-electron chi connectivity index (χ0n) is 9.44. The minimum atomic E-state index is -0.0668. The quantitative estimate of drug-likeness (QED) is 0.812. The van der Waals surface area contributed by atoms with E-state index in [1.807, 2.05) is 30.3 Å². The Bertz CT molecular complexity index is 524. The van der Waals surface area contributed by atoms with Gasteiger partial charge in [-0.05, 0) is 23.9 Å². The van der Waals surface area contributed by atoms with E-state index in [-0.39, 0.29) is 5.91 Å². The molecule has 17 heavy (non-hydrogen) atoms. The van der Waals surface area contributed by atoms with E-state index in [1.165, 1.54) is 0 Å². The number of likely N-dealkylation sites (tertiary alicyclic amines) is 1. The number of H-pyrrole nitrogens is 1. The number of benzene rings is 1. The molecule has 1 aliphatic rings. The van der Waals surface area contributed by atoms with E-state index in [2.05, 4.69) is 4.98 Å². The van der Waals surface area contributed by atoms with E-state index in [4.69, 9.17) is 5.73 Å². The van der Waals surface area contributed by atoms with Gasteiger partial charge in [-0.15, -0.1) is 0 Å². The molecule has 4 nitrogen and oxygen atoms in total. The van der Waals surface area contributed by atoms with E-state index in [1.54, 1.807) is 4.90 Å². The number of carbonyl (C=O) groups is 1. The van der Waals surface area contributed by atoms with Crippen LogP contribution in [0.4, 0.5) is 0 Å². The van der Waals surface area contributed by atoms with Crippen LogP contribution >= 0.6 is 0 Å². The number of amides is 1. The molecule has 4 heteroatoms. The van der Waals surface area contributed by atoms with Gasteiger partial charge in [-0.25, -0.2) is 0 Å². The molecular formula is C13H14N3O. The molecule has 3 N–H and O–H groups in total. The van der Waals surface area contributed by atoms with Gasteiger partial charge in [0, 0.05) is 24.3 Å². The first kappa shape index (κ1) is 10.4. The van der Waals surface area contributed by atoms with Gasteiger partial charge < -0.3 is 15.6 Å². The maximum Gasteiger partial charge on any atom is 0.251 e. The van der Waals surface area contributed by atoms with Crippen molar-refractivity contribution in [1.82, 2.24) is 9.88 Å². The monoisotopic (exact) mass is 228 g/mol. The van der Waals surface area contributed by atoms with Gasteiger partial charge in [0.2, 0.25) is 0 Å². The second-order valence-electron chi connectivity index (χ2n) is 4.33. The van der Waals surface area contributed by atoms with Crippen molar-refractivity contribution in [3.63, 3.8) is 0 Å². The van der Waals surface area contributed by atoms with Crippen molar-refractivity contribution < 1.29 is 4.79 Å². The van der Waals surface area contributed by atoms with Crippen LogP contribution in [0.15, 0.2) is 30.3 Å². The minimum absolute atomic E-state index is 0.0668. The lowest BCUT2D eigenvalue weighted by molar-refractivity contribution is -0.132. The number of fused-ring (bicyclic) bond motifs is 1. The van der Waals surface area contributed by atoms with Crippen molar-refractivity contribution in [2.45, 2.75) is 6.42 Å². The topological polar surface area (TPSA) is 62.1 Å². The van der Waals surface area contributed by atoms with Crippen molar-refractivity contribution >= 4 is 16.8 Å². The molecule has 1 aromatic carbocycles. The number of nitrogens with zero attached hydrogens (tertiary/aromatic N) is 1. The number of nitrogens with two attached hydrogens (primary N) is 1. The number of rotatable bonds is 2. The molecular weight excluding hydrogens is 214 g/mol. The van der Waals surface area contributed by atoms with Gasteiger partial charge in [-0.1, -0.05) is 18.2 Å². The summed E-state index contributed by atoms with van der Waals surface area (Å²) in [7, 11) is 0. The highest BCUT2D eigenvalue weighted by molar-refractivity contribution is 5.95. The maximum atomic E-state index is 11.9. The number of hydrogen-bond donors (Lipinski definition) is 2. The molecule has 1 aromatic heterocycles. The summed E-state index contributed by atoms with van der Waals surface area (Å²) in [6, 6.07) is 10.1. The molecule has 0 unspecified atom stereocenters. The zero-order valence-corrected chi connectivity index (χ0v) is 9.44. The third-order valence-corrected chi connectivity index (χ3v) is 3.19. The van der Waals surface area contributed by atoms with Crippen LogP contribution in [0.5, 0.6) is 0 Å². The second kappa shape index (κ2) is 3.89. The number of aromatic amines is 1. The van der Waals surface area contributed by atoms with Crippen LogP contribution < -0.4 is 5.73 Å². The molecule has 0 bridgehead atoms. The summed E-state index contributed by atoms with van der Waals surface area (Å²) in [4.78, 5) is 16.9. The largest absolute Gasteiger partial charge is 0.356 e. The molecule has 1 amide bonds. The Balaban J connectivity index is 1.89. The first-order valence-electron chi connectivity index (χ1n) is 5.75. The lowest BCUT2D eigenvalue weighted by Crippen LogP contribution is -2.47. The van der Waals surface area contributed by atoms with E-state index < -0.39 is 0 Å². The molecule has 3 rings (SSSR count). The number of nitrogens with one attached hydrogen (secondary N) is 1. The summed E-state index contributed by atoms with van der Waals surface area (Å²) in [5, 5.41) is 1.07. The van der Waals surface area contributed by atoms with Gasteiger partial charge in [0.25, 0.3) is 5.91 Å². The summed E-state index contributed by atoms with van der Waals surface area (Å²) < 4.78 is 0. The fraction of sp³-hybridized carbons (Fsp3) is 0.231. The van der Waals surface area contributed by atoms with E-state index in [0.717, 1.165) is 30.4 Å². The molecule has 1 radical (unpaired) electrons. The fourth-order valence-electron chi connectivity index (χ4n) is 2.02. The van der Waals surface area contributed by atoms with Crippen LogP contribution in [0.3, 0.4) is 0 Å². The fourth-order valence-corrected chi connectivity index (χ4v) is 2.02. The normalized spacial score (nSPS) is 15.3. The van der Waals surface area contributed by atoms with Crippen molar-refractivity contribution in [3.05, 3.63) is 42.1 Å². The lowest BCUT2D eigenvalue weighted by Gasteiger charge is -2.32. The van der Waals surface area contributed by atoms with Gasteiger partial charge >= 0.3 is 0 Å². The van der Waals surface area contributed by atoms with E-state index >= 15 is 0 Å². The second-order valence-corrected chi connectivity index (χ2v) is 4.33. The third-order valence-electron chi connectivity index (χ3n) is 3.19. The van der Waals surface area contributed by atoms with Gasteiger partial charge in [0.1, 0.15) is 0 Å². The highest BCUT2D eigenvalue weighted by atomic mass is 16.2. The third kappa shape index (κ3) is 1.70. The predicted octanol–water partition coefficient (Wildman–Crippen LogP) is 1.24. The Hall–Kier alpha value is -1.81. The summed E-state index contributed by atoms with van der Waals surface area (Å²) in [6.45, 7) is 1.64. The van der Waals surface area contributed by atoms with Crippen LogP contribution in [-0.4, -0.2) is 28.9 Å². The van der Waals surface area contributed by atoms with E-state index in [0.29, 0.717) is 11.7 Å². The summed E-state index contributed by atoms with van der Waals surface area (Å²) in [6.07, 6.45) is 1.08. The van der Waals surface area contributed by atoms with Gasteiger partial charge in [0.05, 0.1) is 0 Å². The summed E-state index contributed by atoms with van der Waals surface area (Å²) >= 11 is 0. The maximum absolute atomic E-state index is 11.9. The van der Waals surface area contributed by atoms with Gasteiger partial charge in [0.15, 0.2) is 6.04 Å². The summed E-state index contributed by atoms with van der Waals surface area (Å²) in [5.41, 5.74) is 7.62. The Morgan fingerprint density at radius 2 is 2.06 bits per heavy atom. The Morgan fingerprint density at radius 1 is 1.29 bits per heavy atom. The minimum Gasteiger partial charge on any atom is -0.356 e. The highest BCUT2D eigenvalue weighted by Gasteiger charge is 2.28. The first-order chi connectivity index (χ1) is 8.25. The lowest BCUT2D eigenvalue weighted by atomic mass is 10.1. The highest BCUT2D eigenvalue weighted by Crippen LogP contribution is 2.20. The Morgan fingerprint density at radius 3 is 2.71 bits per heavy atom. The average molecular weight is 228 g/mol. The molecule has 0 spiro atoms.